The lowest BCUT2D eigenvalue weighted by atomic mass is 9.83. The summed E-state index contributed by atoms with van der Waals surface area (Å²) in [6.45, 7) is 2.07. The lowest BCUT2D eigenvalue weighted by Crippen LogP contribution is -2.47. The maximum absolute atomic E-state index is 13.5. The van der Waals surface area contributed by atoms with Crippen molar-refractivity contribution in [3.63, 3.8) is 0 Å². The average Bonchev–Trinajstić information content (AvgIpc) is 2.38. The minimum atomic E-state index is -0.592. The molecule has 1 N–H and O–H groups in total. The van der Waals surface area contributed by atoms with E-state index in [2.05, 4.69) is 12.2 Å². The number of hydrogen-bond acceptors (Lipinski definition) is 1. The summed E-state index contributed by atoms with van der Waals surface area (Å²) in [5.74, 6) is -1.23. The van der Waals surface area contributed by atoms with Crippen molar-refractivity contribution in [1.82, 2.24) is 5.32 Å². The lowest BCUT2D eigenvalue weighted by molar-refractivity contribution is -0.123. The molecule has 4 heteroatoms. The van der Waals surface area contributed by atoms with Crippen LogP contribution >= 0.6 is 0 Å². The first-order chi connectivity index (χ1) is 9.48. The average molecular weight is 281 g/mol. The van der Waals surface area contributed by atoms with E-state index in [1.54, 1.807) is 0 Å². The molecule has 0 aliphatic heterocycles. The van der Waals surface area contributed by atoms with Crippen LogP contribution in [-0.2, 0) is 11.2 Å². The van der Waals surface area contributed by atoms with Crippen LogP contribution in [0.5, 0.6) is 0 Å². The molecule has 0 heterocycles. The van der Waals surface area contributed by atoms with E-state index < -0.39 is 11.6 Å². The maximum atomic E-state index is 13.5. The van der Waals surface area contributed by atoms with Gasteiger partial charge in [-0.05, 0) is 37.8 Å². The standard InChI is InChI=1S/C16H21F2NO/c1-16(9-3-2-4-10-16)19-15(20)8-6-12-5-7-13(17)11-14(12)18/h5,7,11H,2-4,6,8-10H2,1H3,(H,19,20). The van der Waals surface area contributed by atoms with Gasteiger partial charge in [-0.3, -0.25) is 4.79 Å². The predicted molar refractivity (Wildman–Crippen MR) is 74.3 cm³/mol. The van der Waals surface area contributed by atoms with E-state index in [0.29, 0.717) is 12.0 Å². The van der Waals surface area contributed by atoms with Crippen molar-refractivity contribution in [3.8, 4) is 0 Å². The Labute approximate surface area is 118 Å². The van der Waals surface area contributed by atoms with Crippen molar-refractivity contribution in [1.29, 1.82) is 0 Å². The summed E-state index contributed by atoms with van der Waals surface area (Å²) >= 11 is 0. The first-order valence-electron chi connectivity index (χ1n) is 7.23. The molecule has 0 unspecified atom stereocenters. The smallest absolute Gasteiger partial charge is 0.220 e. The van der Waals surface area contributed by atoms with Gasteiger partial charge in [0.15, 0.2) is 0 Å². The number of carbonyl (C=O) groups excluding carboxylic acids is 1. The first-order valence-corrected chi connectivity index (χ1v) is 7.23. The number of amides is 1. The van der Waals surface area contributed by atoms with Crippen LogP contribution in [0.15, 0.2) is 18.2 Å². The lowest BCUT2D eigenvalue weighted by Gasteiger charge is -2.34. The minimum Gasteiger partial charge on any atom is -0.351 e. The van der Waals surface area contributed by atoms with E-state index in [4.69, 9.17) is 0 Å². The Hall–Kier alpha value is -1.45. The highest BCUT2D eigenvalue weighted by Crippen LogP contribution is 2.27. The van der Waals surface area contributed by atoms with Crippen LogP contribution in [-0.4, -0.2) is 11.4 Å². The molecule has 110 valence electrons. The maximum Gasteiger partial charge on any atom is 0.220 e. The van der Waals surface area contributed by atoms with Gasteiger partial charge >= 0.3 is 0 Å². The number of aryl methyl sites for hydroxylation is 1. The van der Waals surface area contributed by atoms with E-state index in [-0.39, 0.29) is 17.9 Å². The summed E-state index contributed by atoms with van der Waals surface area (Å²) < 4.78 is 26.2. The highest BCUT2D eigenvalue weighted by Gasteiger charge is 2.28. The minimum absolute atomic E-state index is 0.0573. The molecule has 1 aromatic carbocycles. The summed E-state index contributed by atoms with van der Waals surface area (Å²) in [6.07, 6.45) is 6.05. The number of carbonyl (C=O) groups is 1. The van der Waals surface area contributed by atoms with Gasteiger partial charge in [-0.15, -0.1) is 0 Å². The van der Waals surface area contributed by atoms with E-state index >= 15 is 0 Å². The van der Waals surface area contributed by atoms with Gasteiger partial charge < -0.3 is 5.32 Å². The van der Waals surface area contributed by atoms with Crippen molar-refractivity contribution >= 4 is 5.91 Å². The van der Waals surface area contributed by atoms with Crippen LogP contribution in [0.4, 0.5) is 8.78 Å². The van der Waals surface area contributed by atoms with E-state index in [1.165, 1.54) is 18.6 Å². The third-order valence-corrected chi connectivity index (χ3v) is 4.03. The van der Waals surface area contributed by atoms with Gasteiger partial charge in [-0.25, -0.2) is 8.78 Å². The molecule has 1 fully saturated rings. The molecule has 1 aliphatic carbocycles. The van der Waals surface area contributed by atoms with Gasteiger partial charge in [0.05, 0.1) is 0 Å². The SMILES string of the molecule is CC1(NC(=O)CCc2ccc(F)cc2F)CCCCC1. The van der Waals surface area contributed by atoms with Gasteiger partial charge in [0.25, 0.3) is 0 Å². The van der Waals surface area contributed by atoms with Crippen molar-refractivity contribution in [2.45, 2.75) is 57.4 Å². The molecular weight excluding hydrogens is 260 g/mol. The van der Waals surface area contributed by atoms with Gasteiger partial charge in [0.1, 0.15) is 11.6 Å². The van der Waals surface area contributed by atoms with Crippen LogP contribution in [0.2, 0.25) is 0 Å². The Morgan fingerprint density at radius 1 is 1.25 bits per heavy atom. The quantitative estimate of drug-likeness (QED) is 0.895. The molecule has 1 saturated carbocycles. The van der Waals surface area contributed by atoms with Crippen LogP contribution in [0, 0.1) is 11.6 Å². The molecule has 1 aliphatic rings. The van der Waals surface area contributed by atoms with Crippen molar-refractivity contribution in [2.75, 3.05) is 0 Å². The number of rotatable bonds is 4. The van der Waals surface area contributed by atoms with Crippen LogP contribution in [0.25, 0.3) is 0 Å². The number of benzene rings is 1. The molecule has 0 spiro atoms. The van der Waals surface area contributed by atoms with E-state index in [0.717, 1.165) is 31.7 Å². The third kappa shape index (κ3) is 4.02. The zero-order chi connectivity index (χ0) is 14.6. The zero-order valence-electron chi connectivity index (χ0n) is 11.8. The second kappa shape index (κ2) is 6.33. The van der Waals surface area contributed by atoms with Crippen molar-refractivity contribution < 1.29 is 13.6 Å². The summed E-state index contributed by atoms with van der Waals surface area (Å²) in [4.78, 5) is 12.0. The fourth-order valence-electron chi connectivity index (χ4n) is 2.83. The summed E-state index contributed by atoms with van der Waals surface area (Å²) in [5.41, 5.74) is 0.270. The van der Waals surface area contributed by atoms with E-state index in [1.807, 2.05) is 0 Å². The van der Waals surface area contributed by atoms with Gasteiger partial charge in [-0.2, -0.15) is 0 Å². The van der Waals surface area contributed by atoms with Crippen LogP contribution in [0.3, 0.4) is 0 Å². The van der Waals surface area contributed by atoms with Crippen LogP contribution in [0.1, 0.15) is 51.0 Å². The van der Waals surface area contributed by atoms with Crippen molar-refractivity contribution in [3.05, 3.63) is 35.4 Å². The van der Waals surface area contributed by atoms with Gasteiger partial charge in [0, 0.05) is 18.0 Å². The normalized spacial score (nSPS) is 17.8. The second-order valence-electron chi connectivity index (χ2n) is 5.91. The fourth-order valence-corrected chi connectivity index (χ4v) is 2.83. The molecule has 2 nitrogen and oxygen atoms in total. The molecule has 0 bridgehead atoms. The molecule has 0 atom stereocenters. The second-order valence-corrected chi connectivity index (χ2v) is 5.91. The molecule has 20 heavy (non-hydrogen) atoms. The Balaban J connectivity index is 1.85. The first kappa shape index (κ1) is 14.9. The monoisotopic (exact) mass is 281 g/mol. The fraction of sp³-hybridized carbons (Fsp3) is 0.562. The Kier molecular flexibility index (Phi) is 4.73. The largest absolute Gasteiger partial charge is 0.351 e. The molecule has 1 amide bonds. The number of hydrogen-bond donors (Lipinski definition) is 1. The zero-order valence-corrected chi connectivity index (χ0v) is 11.8. The van der Waals surface area contributed by atoms with E-state index in [9.17, 15) is 13.6 Å². The number of nitrogens with one attached hydrogen (secondary N) is 1. The molecule has 2 rings (SSSR count). The highest BCUT2D eigenvalue weighted by atomic mass is 19.1. The third-order valence-electron chi connectivity index (χ3n) is 4.03. The van der Waals surface area contributed by atoms with Crippen LogP contribution < -0.4 is 5.32 Å². The Morgan fingerprint density at radius 3 is 2.60 bits per heavy atom. The summed E-state index contributed by atoms with van der Waals surface area (Å²) in [6, 6.07) is 3.48. The summed E-state index contributed by atoms with van der Waals surface area (Å²) in [7, 11) is 0. The molecule has 0 saturated heterocycles. The van der Waals surface area contributed by atoms with Crippen molar-refractivity contribution in [2.24, 2.45) is 0 Å². The Bertz CT molecular complexity index is 481. The van der Waals surface area contributed by atoms with Gasteiger partial charge in [-0.1, -0.05) is 25.3 Å². The highest BCUT2D eigenvalue weighted by molar-refractivity contribution is 5.77. The molecule has 0 radical (unpaired) electrons. The molecular formula is C16H21F2NO. The van der Waals surface area contributed by atoms with Gasteiger partial charge in [0.2, 0.25) is 5.91 Å². The topological polar surface area (TPSA) is 29.1 Å². The predicted octanol–water partition coefficient (Wildman–Crippen LogP) is 3.74. The Morgan fingerprint density at radius 2 is 1.95 bits per heavy atom. The number of halogens is 2. The molecule has 0 aromatic heterocycles. The summed E-state index contributed by atoms with van der Waals surface area (Å²) in [5, 5.41) is 3.06. The molecule has 1 aromatic rings.